The highest BCUT2D eigenvalue weighted by molar-refractivity contribution is 5.97. The molecule has 17 heteroatoms. The molecule has 0 bridgehead atoms. The third-order valence-corrected chi connectivity index (χ3v) is 9.74. The van der Waals surface area contributed by atoms with Crippen LogP contribution < -0.4 is 25.8 Å². The van der Waals surface area contributed by atoms with Crippen molar-refractivity contribution in [1.82, 2.24) is 24.8 Å². The number of ether oxygens (including phenoxy) is 2. The lowest BCUT2D eigenvalue weighted by molar-refractivity contribution is -0.137. The van der Waals surface area contributed by atoms with E-state index in [1.807, 2.05) is 4.90 Å². The minimum Gasteiger partial charge on any atom is -0.475 e. The highest BCUT2D eigenvalue weighted by atomic mass is 19.4. The Labute approximate surface area is 275 Å². The van der Waals surface area contributed by atoms with Gasteiger partial charge in [-0.05, 0) is 44.9 Å². The molecule has 3 aromatic heterocycles. The Bertz CT molecular complexity index is 1980. The number of pyridine rings is 2. The predicted molar refractivity (Wildman–Crippen MR) is 165 cm³/mol. The summed E-state index contributed by atoms with van der Waals surface area (Å²) in [7, 11) is 0. The van der Waals surface area contributed by atoms with E-state index in [0.29, 0.717) is 18.5 Å². The molecule has 7 rings (SSSR count). The van der Waals surface area contributed by atoms with Crippen molar-refractivity contribution < 1.29 is 40.2 Å². The average molecular weight is 693 g/mol. The van der Waals surface area contributed by atoms with Gasteiger partial charge < -0.3 is 25.8 Å². The van der Waals surface area contributed by atoms with Gasteiger partial charge in [0.25, 0.3) is 0 Å². The van der Waals surface area contributed by atoms with Gasteiger partial charge in [-0.15, -0.1) is 0 Å². The van der Waals surface area contributed by atoms with E-state index in [0.717, 1.165) is 13.3 Å². The molecule has 4 N–H and O–H groups in total. The molecule has 6 heterocycles. The topological polar surface area (TPSA) is 129 Å². The van der Waals surface area contributed by atoms with Crippen LogP contribution in [0, 0.1) is 24.4 Å². The van der Waals surface area contributed by atoms with Crippen LogP contribution in [-0.4, -0.2) is 69.4 Å². The second kappa shape index (κ2) is 11.7. The Hall–Kier alpha value is -4.67. The average Bonchev–Trinajstić information content (AvgIpc) is 3.51. The van der Waals surface area contributed by atoms with Gasteiger partial charge >= 0.3 is 12.2 Å². The normalized spacial score (nSPS) is 21.5. The zero-order valence-corrected chi connectivity index (χ0v) is 26.3. The molecule has 3 atom stereocenters. The fraction of sp³-hybridized carbons (Fsp3) is 0.438. The van der Waals surface area contributed by atoms with Gasteiger partial charge in [0.1, 0.15) is 53.3 Å². The number of rotatable bonds is 6. The largest absolute Gasteiger partial charge is 0.475 e. The summed E-state index contributed by atoms with van der Waals surface area (Å²) in [5.74, 6) is -5.10. The summed E-state index contributed by atoms with van der Waals surface area (Å²) in [6.45, 7) is 3.38. The lowest BCUT2D eigenvalue weighted by atomic mass is 9.95. The number of benzene rings is 1. The molecule has 0 saturated carbocycles. The first-order valence-electron chi connectivity index (χ1n) is 15.6. The van der Waals surface area contributed by atoms with Gasteiger partial charge in [0, 0.05) is 24.7 Å². The number of alkyl halides is 4. The summed E-state index contributed by atoms with van der Waals surface area (Å²) in [5, 5.41) is -0.133. The third-order valence-electron chi connectivity index (χ3n) is 9.74. The number of nitrogens with two attached hydrogens (primary N) is 2. The number of aromatic nitrogens is 4. The van der Waals surface area contributed by atoms with E-state index in [1.54, 1.807) is 24.0 Å². The zero-order chi connectivity index (χ0) is 35.0. The second-order valence-electron chi connectivity index (χ2n) is 12.6. The Morgan fingerprint density at radius 3 is 2.61 bits per heavy atom. The van der Waals surface area contributed by atoms with Crippen molar-refractivity contribution in [2.24, 2.45) is 0 Å². The molecular weight excluding hydrogens is 661 g/mol. The Morgan fingerprint density at radius 2 is 1.88 bits per heavy atom. The highest BCUT2D eigenvalue weighted by Gasteiger charge is 2.49. The molecule has 2 fully saturated rings. The van der Waals surface area contributed by atoms with Crippen LogP contribution in [0.2, 0.25) is 0 Å². The van der Waals surface area contributed by atoms with Crippen LogP contribution in [0.1, 0.15) is 48.9 Å². The first-order valence-corrected chi connectivity index (χ1v) is 15.6. The maximum absolute atomic E-state index is 16.8. The van der Waals surface area contributed by atoms with Gasteiger partial charge in [0.05, 0.1) is 29.3 Å². The molecule has 0 amide bonds. The SMILES string of the molecule is Cc1c(F)c(N)c(F)c(-c2nc3c4c(nc(OCC56CCCN5C[C@H](F)C6)nc4c2F)N([C@H](C)c2cccnc2N)CCO3)c1C(F)(F)F. The molecule has 0 radical (unpaired) electrons. The maximum atomic E-state index is 16.8. The summed E-state index contributed by atoms with van der Waals surface area (Å²) in [4.78, 5) is 20.7. The number of fused-ring (bicyclic) bond motifs is 1. The van der Waals surface area contributed by atoms with Gasteiger partial charge in [-0.3, -0.25) is 4.90 Å². The molecule has 3 aliphatic heterocycles. The Morgan fingerprint density at radius 1 is 1.10 bits per heavy atom. The summed E-state index contributed by atoms with van der Waals surface area (Å²) in [6, 6.07) is 2.49. The van der Waals surface area contributed by atoms with E-state index in [9.17, 15) is 22.0 Å². The van der Waals surface area contributed by atoms with E-state index in [-0.39, 0.29) is 55.8 Å². The van der Waals surface area contributed by atoms with Crippen LogP contribution in [0.4, 0.5) is 48.1 Å². The first-order chi connectivity index (χ1) is 23.2. The number of nitrogen functional groups attached to an aromatic ring is 2. The maximum Gasteiger partial charge on any atom is 0.417 e. The van der Waals surface area contributed by atoms with Crippen LogP contribution in [0.3, 0.4) is 0 Å². The van der Waals surface area contributed by atoms with Crippen molar-refractivity contribution in [3.63, 3.8) is 0 Å². The number of hydrogen-bond acceptors (Lipinski definition) is 10. The lowest BCUT2D eigenvalue weighted by Gasteiger charge is -2.32. The number of anilines is 3. The van der Waals surface area contributed by atoms with Gasteiger partial charge in [-0.2, -0.15) is 23.1 Å². The molecule has 260 valence electrons. The molecule has 0 aliphatic carbocycles. The van der Waals surface area contributed by atoms with Gasteiger partial charge in [-0.1, -0.05) is 6.07 Å². The van der Waals surface area contributed by atoms with Crippen LogP contribution >= 0.6 is 0 Å². The van der Waals surface area contributed by atoms with E-state index in [2.05, 4.69) is 19.9 Å². The van der Waals surface area contributed by atoms with E-state index >= 15 is 8.78 Å². The van der Waals surface area contributed by atoms with Crippen molar-refractivity contribution in [2.45, 2.75) is 57.0 Å². The van der Waals surface area contributed by atoms with E-state index in [1.165, 1.54) is 6.20 Å². The van der Waals surface area contributed by atoms with Crippen LogP contribution in [0.25, 0.3) is 22.2 Å². The lowest BCUT2D eigenvalue weighted by Crippen LogP contribution is -2.43. The molecule has 3 aliphatic rings. The van der Waals surface area contributed by atoms with Crippen molar-refractivity contribution in [1.29, 1.82) is 0 Å². The van der Waals surface area contributed by atoms with Crippen LogP contribution in [0.5, 0.6) is 11.9 Å². The monoisotopic (exact) mass is 692 g/mol. The number of halogens is 7. The third kappa shape index (κ3) is 5.29. The van der Waals surface area contributed by atoms with Crippen molar-refractivity contribution >= 4 is 28.2 Å². The number of hydrogen-bond donors (Lipinski definition) is 2. The molecule has 1 aromatic carbocycles. The highest BCUT2D eigenvalue weighted by Crippen LogP contribution is 2.48. The van der Waals surface area contributed by atoms with Gasteiger partial charge in [-0.25, -0.2) is 27.5 Å². The molecule has 1 unspecified atom stereocenters. The quantitative estimate of drug-likeness (QED) is 0.186. The Kier molecular flexibility index (Phi) is 7.87. The van der Waals surface area contributed by atoms with Gasteiger partial charge in [0.2, 0.25) is 5.88 Å². The van der Waals surface area contributed by atoms with Crippen LogP contribution in [0.15, 0.2) is 18.3 Å². The van der Waals surface area contributed by atoms with Crippen LogP contribution in [-0.2, 0) is 6.18 Å². The fourth-order valence-corrected chi connectivity index (χ4v) is 7.38. The van der Waals surface area contributed by atoms with Crippen molar-refractivity contribution in [2.75, 3.05) is 49.2 Å². The second-order valence-corrected chi connectivity index (χ2v) is 12.6. The molecule has 2 saturated heterocycles. The molecule has 10 nitrogen and oxygen atoms in total. The van der Waals surface area contributed by atoms with Gasteiger partial charge in [0.15, 0.2) is 17.5 Å². The summed E-state index contributed by atoms with van der Waals surface area (Å²) in [6.07, 6.45) is -3.23. The Balaban J connectivity index is 1.46. The standard InChI is InChI=1S/C32H31F7N8O2/c1-14-20(32(37,38)39)18(22(35)24(40)21(14)34)25-23(36)26-19-28(45-30(44-26)49-13-31-6-4-8-46(31)12-16(33)11-31)47(9-10-48-29(19)43-25)15(2)17-5-3-7-42-27(17)41/h3,5,7,15-16H,4,6,8-13,40H2,1-2H3,(H2,41,42)/t15-,16-,31?/m1/s1. The summed E-state index contributed by atoms with van der Waals surface area (Å²) >= 11 is 0. The number of nitrogens with zero attached hydrogens (tertiary/aromatic N) is 6. The molecule has 4 aromatic rings. The summed E-state index contributed by atoms with van der Waals surface area (Å²) < 4.78 is 117. The minimum absolute atomic E-state index is 0.0445. The predicted octanol–water partition coefficient (Wildman–Crippen LogP) is 5.91. The van der Waals surface area contributed by atoms with Crippen molar-refractivity contribution in [3.05, 3.63) is 52.5 Å². The van der Waals surface area contributed by atoms with E-state index < -0.39 is 80.8 Å². The fourth-order valence-electron chi connectivity index (χ4n) is 7.38. The van der Waals surface area contributed by atoms with Crippen molar-refractivity contribution in [3.8, 4) is 23.1 Å². The minimum atomic E-state index is -5.34. The molecule has 49 heavy (non-hydrogen) atoms. The zero-order valence-electron chi connectivity index (χ0n) is 26.3. The summed E-state index contributed by atoms with van der Waals surface area (Å²) in [5.41, 5.74) is 4.42. The van der Waals surface area contributed by atoms with E-state index in [4.69, 9.17) is 20.9 Å². The molecule has 0 spiro atoms. The molecular formula is C32H31F7N8O2. The first kappa shape index (κ1) is 32.9. The smallest absolute Gasteiger partial charge is 0.417 e.